The number of nitro benzene ring substituents is 1. The van der Waals surface area contributed by atoms with Crippen molar-refractivity contribution in [2.45, 2.75) is 18.4 Å². The molecule has 3 atom stereocenters. The van der Waals surface area contributed by atoms with Crippen LogP contribution in [0.2, 0.25) is 5.02 Å². The van der Waals surface area contributed by atoms with E-state index in [0.717, 1.165) is 28.9 Å². The zero-order valence-electron chi connectivity index (χ0n) is 17.0. The van der Waals surface area contributed by atoms with Crippen LogP contribution in [0.5, 0.6) is 0 Å². The van der Waals surface area contributed by atoms with Gasteiger partial charge >= 0.3 is 0 Å². The van der Waals surface area contributed by atoms with E-state index in [-0.39, 0.29) is 34.5 Å². The summed E-state index contributed by atoms with van der Waals surface area (Å²) in [5.74, 6) is 0.210. The Morgan fingerprint density at radius 3 is 2.69 bits per heavy atom. The summed E-state index contributed by atoms with van der Waals surface area (Å²) in [5, 5.41) is 18.0. The molecule has 1 heterocycles. The molecule has 0 saturated heterocycles. The SMILES string of the molecule is O=C(Nc1ccc2c(c1)C1C=CCC1C(c1ccc(Cl)c([N+](=O)[O-])c1)N2)c1ccccc1. The first-order valence-corrected chi connectivity index (χ1v) is 10.8. The molecule has 32 heavy (non-hydrogen) atoms. The summed E-state index contributed by atoms with van der Waals surface area (Å²) in [6.07, 6.45) is 5.20. The Bertz CT molecular complexity index is 1240. The number of anilines is 2. The number of nitrogens with zero attached hydrogens (tertiary/aromatic N) is 1. The van der Waals surface area contributed by atoms with E-state index in [1.807, 2.05) is 42.5 Å². The molecule has 1 aliphatic heterocycles. The topological polar surface area (TPSA) is 84.3 Å². The zero-order valence-corrected chi connectivity index (χ0v) is 17.8. The predicted octanol–water partition coefficient (Wildman–Crippen LogP) is 6.33. The number of fused-ring (bicyclic) bond motifs is 3. The summed E-state index contributed by atoms with van der Waals surface area (Å²) in [4.78, 5) is 23.5. The Balaban J connectivity index is 1.45. The number of amides is 1. The molecule has 7 heteroatoms. The van der Waals surface area contributed by atoms with Crippen LogP contribution in [0.1, 0.15) is 39.9 Å². The highest BCUT2D eigenvalue weighted by atomic mass is 35.5. The second-order valence-electron chi connectivity index (χ2n) is 8.07. The normalized spacial score (nSPS) is 20.7. The Hall–Kier alpha value is -3.64. The summed E-state index contributed by atoms with van der Waals surface area (Å²) in [5.41, 5.74) is 4.16. The van der Waals surface area contributed by atoms with Gasteiger partial charge in [-0.2, -0.15) is 0 Å². The molecule has 0 aromatic heterocycles. The summed E-state index contributed by atoms with van der Waals surface area (Å²) < 4.78 is 0. The fraction of sp³-hybridized carbons (Fsp3) is 0.160. The van der Waals surface area contributed by atoms with Gasteiger partial charge in [0, 0.05) is 28.9 Å². The van der Waals surface area contributed by atoms with Gasteiger partial charge in [-0.1, -0.05) is 48.0 Å². The Kier molecular flexibility index (Phi) is 5.15. The molecule has 0 bridgehead atoms. The number of benzene rings is 3. The van der Waals surface area contributed by atoms with Crippen molar-refractivity contribution in [2.75, 3.05) is 10.6 Å². The fourth-order valence-corrected chi connectivity index (χ4v) is 4.84. The van der Waals surface area contributed by atoms with E-state index in [2.05, 4.69) is 22.8 Å². The fourth-order valence-electron chi connectivity index (χ4n) is 4.66. The molecule has 3 aromatic rings. The number of hydrogen-bond acceptors (Lipinski definition) is 4. The van der Waals surface area contributed by atoms with Gasteiger partial charge in [0.1, 0.15) is 5.02 Å². The highest BCUT2D eigenvalue weighted by molar-refractivity contribution is 6.32. The number of carbonyl (C=O) groups is 1. The lowest BCUT2D eigenvalue weighted by Crippen LogP contribution is -2.29. The molecule has 2 aliphatic rings. The van der Waals surface area contributed by atoms with Gasteiger partial charge in [0.15, 0.2) is 0 Å². The van der Waals surface area contributed by atoms with Crippen molar-refractivity contribution in [3.63, 3.8) is 0 Å². The average Bonchev–Trinajstić information content (AvgIpc) is 3.30. The predicted molar refractivity (Wildman–Crippen MR) is 125 cm³/mol. The molecule has 160 valence electrons. The van der Waals surface area contributed by atoms with Crippen LogP contribution in [-0.2, 0) is 0 Å². The number of allylic oxidation sites excluding steroid dienone is 2. The first-order chi connectivity index (χ1) is 15.5. The molecule has 5 rings (SSSR count). The van der Waals surface area contributed by atoms with Crippen LogP contribution in [-0.4, -0.2) is 10.8 Å². The summed E-state index contributed by atoms with van der Waals surface area (Å²) in [7, 11) is 0. The monoisotopic (exact) mass is 445 g/mol. The maximum Gasteiger partial charge on any atom is 0.288 e. The van der Waals surface area contributed by atoms with Crippen molar-refractivity contribution in [3.05, 3.63) is 111 Å². The molecule has 0 saturated carbocycles. The van der Waals surface area contributed by atoms with Gasteiger partial charge in [0.25, 0.3) is 11.6 Å². The van der Waals surface area contributed by atoms with Crippen molar-refractivity contribution in [1.82, 2.24) is 0 Å². The van der Waals surface area contributed by atoms with Crippen LogP contribution >= 0.6 is 11.6 Å². The number of rotatable bonds is 4. The van der Waals surface area contributed by atoms with Crippen molar-refractivity contribution < 1.29 is 9.72 Å². The number of nitrogens with one attached hydrogen (secondary N) is 2. The lowest BCUT2D eigenvalue weighted by atomic mass is 9.77. The van der Waals surface area contributed by atoms with Gasteiger partial charge in [0.05, 0.1) is 11.0 Å². The summed E-state index contributed by atoms with van der Waals surface area (Å²) in [6, 6.07) is 19.9. The Morgan fingerprint density at radius 1 is 1.09 bits per heavy atom. The van der Waals surface area contributed by atoms with Gasteiger partial charge in [-0.05, 0) is 59.9 Å². The molecular weight excluding hydrogens is 426 g/mol. The number of carbonyl (C=O) groups excluding carboxylic acids is 1. The third kappa shape index (κ3) is 3.63. The number of halogens is 1. The maximum atomic E-state index is 12.6. The van der Waals surface area contributed by atoms with E-state index in [4.69, 9.17) is 11.6 Å². The van der Waals surface area contributed by atoms with E-state index in [9.17, 15) is 14.9 Å². The second kappa shape index (κ2) is 8.13. The second-order valence-corrected chi connectivity index (χ2v) is 8.47. The molecule has 1 amide bonds. The van der Waals surface area contributed by atoms with Crippen LogP contribution in [0.3, 0.4) is 0 Å². The average molecular weight is 446 g/mol. The number of hydrogen-bond donors (Lipinski definition) is 2. The number of nitro groups is 1. The minimum atomic E-state index is -0.450. The summed E-state index contributed by atoms with van der Waals surface area (Å²) >= 11 is 6.02. The van der Waals surface area contributed by atoms with Crippen molar-refractivity contribution >= 4 is 34.6 Å². The zero-order chi connectivity index (χ0) is 22.2. The standard InChI is InChI=1S/C25H20ClN3O3/c26-21-11-9-16(13-23(21)29(31)32)24-19-8-4-7-18(19)20-14-17(10-12-22(20)28-24)27-25(30)15-5-2-1-3-6-15/h1-7,9-14,18-19,24,28H,8H2,(H,27,30). The molecule has 1 aliphatic carbocycles. The van der Waals surface area contributed by atoms with Gasteiger partial charge in [-0.15, -0.1) is 0 Å². The lowest BCUT2D eigenvalue weighted by Gasteiger charge is -2.37. The molecule has 0 spiro atoms. The molecule has 2 N–H and O–H groups in total. The third-order valence-corrected chi connectivity index (χ3v) is 6.50. The largest absolute Gasteiger partial charge is 0.378 e. The molecule has 6 nitrogen and oxygen atoms in total. The van der Waals surface area contributed by atoms with Crippen LogP contribution in [0, 0.1) is 16.0 Å². The van der Waals surface area contributed by atoms with E-state index in [1.165, 1.54) is 0 Å². The van der Waals surface area contributed by atoms with Crippen LogP contribution in [0.25, 0.3) is 0 Å². The van der Waals surface area contributed by atoms with Gasteiger partial charge in [0.2, 0.25) is 0 Å². The first-order valence-electron chi connectivity index (χ1n) is 10.4. The van der Waals surface area contributed by atoms with Crippen molar-refractivity contribution in [3.8, 4) is 0 Å². The molecule has 3 unspecified atom stereocenters. The van der Waals surface area contributed by atoms with E-state index in [0.29, 0.717) is 5.56 Å². The van der Waals surface area contributed by atoms with Crippen LogP contribution in [0.4, 0.5) is 17.1 Å². The van der Waals surface area contributed by atoms with E-state index >= 15 is 0 Å². The Labute approximate surface area is 190 Å². The van der Waals surface area contributed by atoms with Crippen LogP contribution in [0.15, 0.2) is 78.9 Å². The van der Waals surface area contributed by atoms with Crippen molar-refractivity contribution in [2.24, 2.45) is 5.92 Å². The Morgan fingerprint density at radius 2 is 1.91 bits per heavy atom. The van der Waals surface area contributed by atoms with E-state index < -0.39 is 4.92 Å². The lowest BCUT2D eigenvalue weighted by molar-refractivity contribution is -0.384. The van der Waals surface area contributed by atoms with Gasteiger partial charge < -0.3 is 10.6 Å². The van der Waals surface area contributed by atoms with Crippen molar-refractivity contribution in [1.29, 1.82) is 0 Å². The quantitative estimate of drug-likeness (QED) is 0.279. The molecule has 0 radical (unpaired) electrons. The highest BCUT2D eigenvalue weighted by Gasteiger charge is 2.38. The third-order valence-electron chi connectivity index (χ3n) is 6.18. The molecule has 0 fully saturated rings. The van der Waals surface area contributed by atoms with Crippen LogP contribution < -0.4 is 10.6 Å². The highest BCUT2D eigenvalue weighted by Crippen LogP contribution is 2.50. The minimum absolute atomic E-state index is 0.0803. The van der Waals surface area contributed by atoms with Gasteiger partial charge in [-0.3, -0.25) is 14.9 Å². The minimum Gasteiger partial charge on any atom is -0.378 e. The maximum absolute atomic E-state index is 12.6. The molecular formula is C25H20ClN3O3. The molecule has 3 aromatic carbocycles. The first kappa shape index (κ1) is 20.3. The smallest absolute Gasteiger partial charge is 0.288 e. The van der Waals surface area contributed by atoms with Gasteiger partial charge in [-0.25, -0.2) is 0 Å². The van der Waals surface area contributed by atoms with E-state index in [1.54, 1.807) is 24.3 Å². The summed E-state index contributed by atoms with van der Waals surface area (Å²) in [6.45, 7) is 0.